The Hall–Kier alpha value is -2.21. The fraction of sp³-hybridized carbons (Fsp3) is 0.235. The Bertz CT molecular complexity index is 816. The molecule has 0 fully saturated rings. The Morgan fingerprint density at radius 1 is 1.13 bits per heavy atom. The van der Waals surface area contributed by atoms with Crippen LogP contribution in [0.3, 0.4) is 0 Å². The van der Waals surface area contributed by atoms with Gasteiger partial charge in [-0.25, -0.2) is 12.8 Å². The average Bonchev–Trinajstić information content (AvgIpc) is 2.47. The SMILES string of the molecule is CC(C)S(=O)(=O)Cc1cccc(NC(=O)c2cccc(F)c2)c1. The van der Waals surface area contributed by atoms with E-state index in [1.54, 1.807) is 38.1 Å². The largest absolute Gasteiger partial charge is 0.322 e. The number of carbonyl (C=O) groups excluding carboxylic acids is 1. The van der Waals surface area contributed by atoms with Crippen molar-refractivity contribution in [3.63, 3.8) is 0 Å². The molecular formula is C17H18FNO3S. The van der Waals surface area contributed by atoms with E-state index >= 15 is 0 Å². The van der Waals surface area contributed by atoms with Gasteiger partial charge in [-0.1, -0.05) is 18.2 Å². The maximum Gasteiger partial charge on any atom is 0.255 e. The Morgan fingerprint density at radius 2 is 1.83 bits per heavy atom. The topological polar surface area (TPSA) is 63.2 Å². The zero-order valence-electron chi connectivity index (χ0n) is 12.9. The van der Waals surface area contributed by atoms with E-state index in [4.69, 9.17) is 0 Å². The number of hydrogen-bond acceptors (Lipinski definition) is 3. The number of hydrogen-bond donors (Lipinski definition) is 1. The molecule has 0 spiro atoms. The predicted molar refractivity (Wildman–Crippen MR) is 88.6 cm³/mol. The van der Waals surface area contributed by atoms with Crippen molar-refractivity contribution in [1.29, 1.82) is 0 Å². The van der Waals surface area contributed by atoms with E-state index in [2.05, 4.69) is 5.32 Å². The van der Waals surface area contributed by atoms with Gasteiger partial charge >= 0.3 is 0 Å². The van der Waals surface area contributed by atoms with Crippen LogP contribution in [0.25, 0.3) is 0 Å². The summed E-state index contributed by atoms with van der Waals surface area (Å²) >= 11 is 0. The first-order chi connectivity index (χ1) is 10.8. The predicted octanol–water partition coefficient (Wildman–Crippen LogP) is 3.40. The highest BCUT2D eigenvalue weighted by Crippen LogP contribution is 2.17. The summed E-state index contributed by atoms with van der Waals surface area (Å²) in [6, 6.07) is 12.0. The number of sulfone groups is 1. The highest BCUT2D eigenvalue weighted by Gasteiger charge is 2.17. The molecule has 122 valence electrons. The smallest absolute Gasteiger partial charge is 0.255 e. The van der Waals surface area contributed by atoms with Gasteiger partial charge in [-0.3, -0.25) is 4.79 Å². The van der Waals surface area contributed by atoms with Crippen LogP contribution in [0.5, 0.6) is 0 Å². The van der Waals surface area contributed by atoms with E-state index in [0.29, 0.717) is 11.3 Å². The molecule has 0 heterocycles. The van der Waals surface area contributed by atoms with Crippen molar-refractivity contribution in [2.75, 3.05) is 5.32 Å². The van der Waals surface area contributed by atoms with Gasteiger partial charge in [0.25, 0.3) is 5.91 Å². The van der Waals surface area contributed by atoms with Crippen molar-refractivity contribution in [3.8, 4) is 0 Å². The molecule has 2 aromatic carbocycles. The molecule has 0 bridgehead atoms. The Labute approximate surface area is 135 Å². The molecule has 2 aromatic rings. The molecule has 0 radical (unpaired) electrons. The number of rotatable bonds is 5. The third kappa shape index (κ3) is 4.63. The van der Waals surface area contributed by atoms with Crippen molar-refractivity contribution in [1.82, 2.24) is 0 Å². The van der Waals surface area contributed by atoms with Crippen LogP contribution in [0.1, 0.15) is 29.8 Å². The third-order valence-electron chi connectivity index (χ3n) is 3.36. The quantitative estimate of drug-likeness (QED) is 0.911. The van der Waals surface area contributed by atoms with Gasteiger partial charge < -0.3 is 5.32 Å². The first kappa shape index (κ1) is 17.1. The standard InChI is InChI=1S/C17H18FNO3S/c1-12(2)23(21,22)11-13-5-3-8-16(9-13)19-17(20)14-6-4-7-15(18)10-14/h3-10,12H,11H2,1-2H3,(H,19,20). The highest BCUT2D eigenvalue weighted by molar-refractivity contribution is 7.91. The minimum atomic E-state index is -3.22. The van der Waals surface area contributed by atoms with Crippen LogP contribution in [-0.2, 0) is 15.6 Å². The van der Waals surface area contributed by atoms with Crippen molar-refractivity contribution in [2.45, 2.75) is 24.9 Å². The highest BCUT2D eigenvalue weighted by atomic mass is 32.2. The van der Waals surface area contributed by atoms with Gasteiger partial charge in [-0.05, 0) is 49.7 Å². The number of amides is 1. The first-order valence-electron chi connectivity index (χ1n) is 7.15. The lowest BCUT2D eigenvalue weighted by Gasteiger charge is -2.10. The molecule has 2 rings (SSSR count). The summed E-state index contributed by atoms with van der Waals surface area (Å²) in [5.41, 5.74) is 1.26. The Kier molecular flexibility index (Phi) is 5.15. The molecule has 0 saturated heterocycles. The summed E-state index contributed by atoms with van der Waals surface area (Å²) in [7, 11) is -3.22. The lowest BCUT2D eigenvalue weighted by molar-refractivity contribution is 0.102. The van der Waals surface area contributed by atoms with E-state index in [0.717, 1.165) is 6.07 Å². The molecule has 6 heteroatoms. The summed E-state index contributed by atoms with van der Waals surface area (Å²) in [4.78, 5) is 12.1. The second-order valence-electron chi connectivity index (χ2n) is 5.52. The van der Waals surface area contributed by atoms with Crippen molar-refractivity contribution in [3.05, 3.63) is 65.5 Å². The van der Waals surface area contributed by atoms with Crippen LogP contribution in [0, 0.1) is 5.82 Å². The first-order valence-corrected chi connectivity index (χ1v) is 8.87. The summed E-state index contributed by atoms with van der Waals surface area (Å²) in [5.74, 6) is -1.03. The van der Waals surface area contributed by atoms with Gasteiger partial charge in [0, 0.05) is 11.3 Å². The van der Waals surface area contributed by atoms with Crippen LogP contribution in [0.2, 0.25) is 0 Å². The Morgan fingerprint density at radius 3 is 2.48 bits per heavy atom. The number of halogens is 1. The van der Waals surface area contributed by atoms with Gasteiger partial charge in [0.2, 0.25) is 0 Å². The molecule has 0 atom stereocenters. The molecule has 0 saturated carbocycles. The van der Waals surface area contributed by atoms with Gasteiger partial charge in [0.15, 0.2) is 9.84 Å². The lowest BCUT2D eigenvalue weighted by Crippen LogP contribution is -2.16. The Balaban J connectivity index is 2.16. The van der Waals surface area contributed by atoms with Gasteiger partial charge in [-0.2, -0.15) is 0 Å². The fourth-order valence-corrected chi connectivity index (χ4v) is 2.95. The number of benzene rings is 2. The van der Waals surface area contributed by atoms with E-state index in [9.17, 15) is 17.6 Å². The van der Waals surface area contributed by atoms with Gasteiger partial charge in [0.05, 0.1) is 11.0 Å². The molecule has 4 nitrogen and oxygen atoms in total. The molecule has 1 amide bonds. The summed E-state index contributed by atoms with van der Waals surface area (Å²) in [6.07, 6.45) is 0. The minimum Gasteiger partial charge on any atom is -0.322 e. The number of anilines is 1. The van der Waals surface area contributed by atoms with E-state index < -0.39 is 26.8 Å². The average molecular weight is 335 g/mol. The molecular weight excluding hydrogens is 317 g/mol. The van der Waals surface area contributed by atoms with Crippen LogP contribution >= 0.6 is 0 Å². The van der Waals surface area contributed by atoms with Gasteiger partial charge in [0.1, 0.15) is 5.82 Å². The maximum absolute atomic E-state index is 13.1. The number of nitrogens with one attached hydrogen (secondary N) is 1. The molecule has 0 aromatic heterocycles. The zero-order chi connectivity index (χ0) is 17.0. The molecule has 0 aliphatic carbocycles. The molecule has 0 aliphatic rings. The molecule has 1 N–H and O–H groups in total. The van der Waals surface area contributed by atoms with Crippen LogP contribution in [-0.4, -0.2) is 19.6 Å². The monoisotopic (exact) mass is 335 g/mol. The van der Waals surface area contributed by atoms with Crippen molar-refractivity contribution < 1.29 is 17.6 Å². The summed E-state index contributed by atoms with van der Waals surface area (Å²) in [6.45, 7) is 3.26. The zero-order valence-corrected chi connectivity index (χ0v) is 13.7. The maximum atomic E-state index is 13.1. The minimum absolute atomic E-state index is 0.0889. The molecule has 23 heavy (non-hydrogen) atoms. The van der Waals surface area contributed by atoms with E-state index in [1.165, 1.54) is 18.2 Å². The summed E-state index contributed by atoms with van der Waals surface area (Å²) < 4.78 is 37.1. The van der Waals surface area contributed by atoms with Crippen molar-refractivity contribution in [2.24, 2.45) is 0 Å². The van der Waals surface area contributed by atoms with E-state index in [-0.39, 0.29) is 11.3 Å². The summed E-state index contributed by atoms with van der Waals surface area (Å²) in [5, 5.41) is 2.18. The van der Waals surface area contributed by atoms with Crippen LogP contribution in [0.15, 0.2) is 48.5 Å². The van der Waals surface area contributed by atoms with Crippen LogP contribution in [0.4, 0.5) is 10.1 Å². The normalized spacial score (nSPS) is 11.5. The fourth-order valence-electron chi connectivity index (χ4n) is 1.97. The van der Waals surface area contributed by atoms with Crippen LogP contribution < -0.4 is 5.32 Å². The number of carbonyl (C=O) groups is 1. The second kappa shape index (κ2) is 6.91. The van der Waals surface area contributed by atoms with Crippen molar-refractivity contribution >= 4 is 21.4 Å². The lowest BCUT2D eigenvalue weighted by atomic mass is 10.2. The molecule has 0 aliphatic heterocycles. The van der Waals surface area contributed by atoms with E-state index in [1.807, 2.05) is 0 Å². The van der Waals surface area contributed by atoms with Gasteiger partial charge in [-0.15, -0.1) is 0 Å². The third-order valence-corrected chi connectivity index (χ3v) is 5.53. The molecule has 0 unspecified atom stereocenters. The second-order valence-corrected chi connectivity index (χ2v) is 8.08.